The lowest BCUT2D eigenvalue weighted by Gasteiger charge is -2.62. The van der Waals surface area contributed by atoms with Gasteiger partial charge in [-0.2, -0.15) is 0 Å². The van der Waals surface area contributed by atoms with Crippen molar-refractivity contribution in [3.8, 4) is 0 Å². The van der Waals surface area contributed by atoms with Crippen molar-refractivity contribution in [3.05, 3.63) is 23.3 Å². The molecule has 0 aromatic heterocycles. The van der Waals surface area contributed by atoms with Gasteiger partial charge in [0.25, 0.3) is 0 Å². The molecule has 0 saturated heterocycles. The van der Waals surface area contributed by atoms with E-state index < -0.39 is 5.60 Å². The number of aliphatic hydroxyl groups excluding tert-OH is 1. The molecule has 2 saturated carbocycles. The van der Waals surface area contributed by atoms with E-state index in [9.17, 15) is 10.2 Å². The summed E-state index contributed by atoms with van der Waals surface area (Å²) in [5.41, 5.74) is 3.93. The maximum atomic E-state index is 10.8. The molecule has 0 amide bonds. The van der Waals surface area contributed by atoms with Gasteiger partial charge in [0.2, 0.25) is 0 Å². The first-order chi connectivity index (χ1) is 14.7. The van der Waals surface area contributed by atoms with E-state index in [1.165, 1.54) is 38.5 Å². The maximum absolute atomic E-state index is 10.8. The van der Waals surface area contributed by atoms with Crippen molar-refractivity contribution >= 4 is 0 Å². The molecule has 7 atom stereocenters. The monoisotopic (exact) mass is 442 g/mol. The minimum Gasteiger partial charge on any atom is -0.393 e. The molecule has 32 heavy (non-hydrogen) atoms. The average molecular weight is 443 g/mol. The summed E-state index contributed by atoms with van der Waals surface area (Å²) in [6.45, 7) is 18.6. The van der Waals surface area contributed by atoms with E-state index in [4.69, 9.17) is 0 Å². The van der Waals surface area contributed by atoms with Crippen LogP contribution in [0.1, 0.15) is 113 Å². The van der Waals surface area contributed by atoms with Crippen LogP contribution in [0.25, 0.3) is 0 Å². The van der Waals surface area contributed by atoms with E-state index in [-0.39, 0.29) is 16.9 Å². The van der Waals surface area contributed by atoms with E-state index in [2.05, 4.69) is 47.6 Å². The second kappa shape index (κ2) is 7.70. The lowest BCUT2D eigenvalue weighted by atomic mass is 9.43. The van der Waals surface area contributed by atoms with Gasteiger partial charge in [-0.15, -0.1) is 0 Å². The van der Waals surface area contributed by atoms with Crippen LogP contribution in [-0.4, -0.2) is 21.9 Å². The number of fused-ring (bicyclic) bond motifs is 4. The molecule has 2 nitrogen and oxygen atoms in total. The zero-order valence-corrected chi connectivity index (χ0v) is 22.2. The van der Waals surface area contributed by atoms with Gasteiger partial charge in [-0.3, -0.25) is 0 Å². The van der Waals surface area contributed by atoms with E-state index in [1.807, 2.05) is 31.1 Å². The summed E-state index contributed by atoms with van der Waals surface area (Å²) in [6, 6.07) is 0. The van der Waals surface area contributed by atoms with E-state index in [0.717, 1.165) is 25.2 Å². The van der Waals surface area contributed by atoms with Gasteiger partial charge in [-0.05, 0) is 111 Å². The van der Waals surface area contributed by atoms with Crippen molar-refractivity contribution < 1.29 is 10.2 Å². The molecule has 182 valence electrons. The fraction of sp³-hybridized carbons (Fsp3) is 0.867. The highest BCUT2D eigenvalue weighted by Crippen LogP contribution is 2.72. The fourth-order valence-corrected chi connectivity index (χ4v) is 9.36. The van der Waals surface area contributed by atoms with Gasteiger partial charge in [0, 0.05) is 0 Å². The SMILES string of the molecule is C[C@H](C/C=C/C(C)(C)O)[C@H]1CC[C@@]2(C)C3=C(CC[C@]12C)[C@@]1(C)CC[C@H](O)C(C)(C)[C@@H]1CC3. The first kappa shape index (κ1) is 24.5. The summed E-state index contributed by atoms with van der Waals surface area (Å²) < 4.78 is 0. The van der Waals surface area contributed by atoms with E-state index in [0.29, 0.717) is 22.7 Å². The molecule has 4 aliphatic carbocycles. The molecule has 4 rings (SSSR count). The van der Waals surface area contributed by atoms with Gasteiger partial charge >= 0.3 is 0 Å². The zero-order chi connectivity index (χ0) is 23.7. The Kier molecular flexibility index (Phi) is 5.90. The average Bonchev–Trinajstić information content (AvgIpc) is 2.96. The number of hydrogen-bond donors (Lipinski definition) is 2. The van der Waals surface area contributed by atoms with Crippen LogP contribution in [0.5, 0.6) is 0 Å². The van der Waals surface area contributed by atoms with Crippen LogP contribution in [0.3, 0.4) is 0 Å². The molecule has 4 aliphatic rings. The molecule has 2 fully saturated rings. The third kappa shape index (κ3) is 3.49. The predicted molar refractivity (Wildman–Crippen MR) is 134 cm³/mol. The molecule has 0 spiro atoms. The predicted octanol–water partition coefficient (Wildman–Crippen LogP) is 7.45. The summed E-state index contributed by atoms with van der Waals surface area (Å²) in [5, 5.41) is 20.9. The molecule has 0 radical (unpaired) electrons. The highest BCUT2D eigenvalue weighted by molar-refractivity contribution is 5.38. The minimum atomic E-state index is -0.714. The standard InChI is InChI=1S/C30H50O2/c1-20(10-9-16-26(2,3)32)21-13-18-30(8)23-11-12-24-27(4,5)25(31)15-17-28(24,6)22(23)14-19-29(21,30)7/h9,16,20-21,24-25,31-32H,10-15,17-19H2,1-8H3/b16-9+/t20-,21-,24+,25+,28-,29-,30+/m1/s1. The summed E-state index contributed by atoms with van der Waals surface area (Å²) in [5.74, 6) is 2.01. The Labute approximate surface area is 198 Å². The highest BCUT2D eigenvalue weighted by Gasteiger charge is 2.63. The molecule has 0 aromatic rings. The number of hydrogen-bond acceptors (Lipinski definition) is 2. The van der Waals surface area contributed by atoms with Crippen LogP contribution < -0.4 is 0 Å². The van der Waals surface area contributed by atoms with Crippen LogP contribution >= 0.6 is 0 Å². The number of rotatable bonds is 4. The molecule has 2 N–H and O–H groups in total. The topological polar surface area (TPSA) is 40.5 Å². The quantitative estimate of drug-likeness (QED) is 0.444. The summed E-state index contributed by atoms with van der Waals surface area (Å²) in [4.78, 5) is 0. The van der Waals surface area contributed by atoms with Crippen LogP contribution in [-0.2, 0) is 0 Å². The first-order valence-corrected chi connectivity index (χ1v) is 13.5. The summed E-state index contributed by atoms with van der Waals surface area (Å²) >= 11 is 0. The third-order valence-electron chi connectivity index (χ3n) is 11.5. The van der Waals surface area contributed by atoms with Crippen molar-refractivity contribution in [1.29, 1.82) is 0 Å². The molecule has 0 heterocycles. The summed E-state index contributed by atoms with van der Waals surface area (Å²) in [6.07, 6.45) is 15.0. The number of aliphatic hydroxyl groups is 2. The normalized spacial score (nSPS) is 44.9. The van der Waals surface area contributed by atoms with Crippen molar-refractivity contribution in [2.24, 2.45) is 39.4 Å². The minimum absolute atomic E-state index is 0.0206. The Morgan fingerprint density at radius 3 is 2.31 bits per heavy atom. The molecule has 0 bridgehead atoms. The van der Waals surface area contributed by atoms with Gasteiger partial charge < -0.3 is 10.2 Å². The molecule has 0 aromatic carbocycles. The molecule has 0 unspecified atom stereocenters. The largest absolute Gasteiger partial charge is 0.393 e. The zero-order valence-electron chi connectivity index (χ0n) is 22.2. The summed E-state index contributed by atoms with van der Waals surface area (Å²) in [7, 11) is 0. The Morgan fingerprint density at radius 2 is 1.66 bits per heavy atom. The van der Waals surface area contributed by atoms with Crippen molar-refractivity contribution in [3.63, 3.8) is 0 Å². The molecule has 2 heteroatoms. The molecular weight excluding hydrogens is 392 g/mol. The smallest absolute Gasteiger partial charge is 0.0771 e. The van der Waals surface area contributed by atoms with Gasteiger partial charge in [0.15, 0.2) is 0 Å². The highest BCUT2D eigenvalue weighted by atomic mass is 16.3. The maximum Gasteiger partial charge on any atom is 0.0771 e. The molecule has 0 aliphatic heterocycles. The van der Waals surface area contributed by atoms with Crippen molar-refractivity contribution in [2.45, 2.75) is 125 Å². The van der Waals surface area contributed by atoms with Crippen LogP contribution in [0.4, 0.5) is 0 Å². The van der Waals surface area contributed by atoms with Gasteiger partial charge in [0.05, 0.1) is 11.7 Å². The Bertz CT molecular complexity index is 798. The third-order valence-corrected chi connectivity index (χ3v) is 11.5. The number of allylic oxidation sites excluding steroid dienone is 3. The Morgan fingerprint density at radius 1 is 0.969 bits per heavy atom. The second-order valence-corrected chi connectivity index (χ2v) is 14.0. The van der Waals surface area contributed by atoms with Crippen LogP contribution in [0.15, 0.2) is 23.3 Å². The van der Waals surface area contributed by atoms with Crippen molar-refractivity contribution in [2.75, 3.05) is 0 Å². The van der Waals surface area contributed by atoms with Gasteiger partial charge in [0.1, 0.15) is 0 Å². The van der Waals surface area contributed by atoms with Gasteiger partial charge in [-0.25, -0.2) is 0 Å². The fourth-order valence-electron chi connectivity index (χ4n) is 9.36. The second-order valence-electron chi connectivity index (χ2n) is 14.0. The first-order valence-electron chi connectivity index (χ1n) is 13.5. The van der Waals surface area contributed by atoms with E-state index >= 15 is 0 Å². The van der Waals surface area contributed by atoms with Crippen LogP contribution in [0.2, 0.25) is 0 Å². The van der Waals surface area contributed by atoms with Crippen molar-refractivity contribution in [1.82, 2.24) is 0 Å². The lowest BCUT2D eigenvalue weighted by Crippen LogP contribution is -2.55. The van der Waals surface area contributed by atoms with E-state index in [1.54, 1.807) is 0 Å². The molecular formula is C30H50O2. The van der Waals surface area contributed by atoms with Gasteiger partial charge in [-0.1, -0.05) is 64.8 Å². The Balaban J connectivity index is 1.64. The Hall–Kier alpha value is -0.600. The lowest BCUT2D eigenvalue weighted by molar-refractivity contribution is -0.0961. The van der Waals surface area contributed by atoms with Crippen LogP contribution in [0, 0.1) is 39.4 Å².